The average molecular weight is 548 g/mol. The Morgan fingerprint density at radius 2 is 1.35 bits per heavy atom. The summed E-state index contributed by atoms with van der Waals surface area (Å²) in [5.74, 6) is -4.16. The van der Waals surface area contributed by atoms with Crippen molar-refractivity contribution in [3.8, 4) is 0 Å². The largest absolute Gasteiger partial charge is 0.405 e. The van der Waals surface area contributed by atoms with Gasteiger partial charge in [0, 0.05) is 12.5 Å². The van der Waals surface area contributed by atoms with Crippen molar-refractivity contribution in [2.45, 2.75) is 40.2 Å². The Kier molecular flexibility index (Phi) is 7.04. The quantitative estimate of drug-likeness (QED) is 0.389. The lowest BCUT2D eigenvalue weighted by Gasteiger charge is -2.30. The number of rotatable bonds is 8. The fourth-order valence-electron chi connectivity index (χ4n) is 4.10. The van der Waals surface area contributed by atoms with E-state index in [0.29, 0.717) is 6.07 Å². The standard InChI is InChI=1S/C26H23F2NO6S2/c1-17(2)26(25(30)35-24(29-26)21-14-13-18(27)15-22(21)28)16-23(36(31,32)19-9-5-3-6-10-19)37(33,34)20-11-7-4-8-12-20/h3-15,17,23H,16H2,1-2H3/t26-/m0/s1. The number of hydrogen-bond acceptors (Lipinski definition) is 7. The molecule has 1 atom stereocenters. The highest BCUT2D eigenvalue weighted by molar-refractivity contribution is 8.09. The number of carbonyl (C=O) groups excluding carboxylic acids is 1. The van der Waals surface area contributed by atoms with Crippen LogP contribution in [0, 0.1) is 17.6 Å². The first-order valence-electron chi connectivity index (χ1n) is 11.2. The third-order valence-corrected chi connectivity index (χ3v) is 11.4. The highest BCUT2D eigenvalue weighted by Crippen LogP contribution is 2.40. The smallest absolute Gasteiger partial charge is 0.341 e. The molecule has 3 aromatic carbocycles. The molecule has 11 heteroatoms. The van der Waals surface area contributed by atoms with Gasteiger partial charge in [0.1, 0.15) is 11.6 Å². The minimum atomic E-state index is -4.57. The number of cyclic esters (lactones) is 1. The summed E-state index contributed by atoms with van der Waals surface area (Å²) in [7, 11) is -9.15. The van der Waals surface area contributed by atoms with Crippen LogP contribution in [-0.2, 0) is 29.2 Å². The summed E-state index contributed by atoms with van der Waals surface area (Å²) in [6.07, 6.45) is -0.787. The second-order valence-corrected chi connectivity index (χ2v) is 13.4. The predicted octanol–water partition coefficient (Wildman–Crippen LogP) is 4.33. The number of esters is 1. The van der Waals surface area contributed by atoms with Crippen LogP contribution in [-0.4, -0.2) is 38.8 Å². The minimum Gasteiger partial charge on any atom is -0.405 e. The van der Waals surface area contributed by atoms with E-state index in [1.165, 1.54) is 48.5 Å². The van der Waals surface area contributed by atoms with Gasteiger partial charge in [0.15, 0.2) is 29.8 Å². The van der Waals surface area contributed by atoms with Gasteiger partial charge in [-0.1, -0.05) is 50.2 Å². The third kappa shape index (κ3) is 4.80. The second-order valence-electron chi connectivity index (χ2n) is 8.86. The first kappa shape index (κ1) is 26.6. The molecule has 0 aromatic heterocycles. The SMILES string of the molecule is CC(C)[C@]1(CC(S(=O)(=O)c2ccccc2)S(=O)(=O)c2ccccc2)N=C(c2ccc(F)cc2F)OC1=O. The van der Waals surface area contributed by atoms with Crippen LogP contribution in [0.5, 0.6) is 0 Å². The minimum absolute atomic E-state index is 0.251. The number of carbonyl (C=O) groups is 1. The zero-order valence-corrected chi connectivity index (χ0v) is 21.5. The van der Waals surface area contributed by atoms with Crippen molar-refractivity contribution in [2.24, 2.45) is 10.9 Å². The Balaban J connectivity index is 1.90. The van der Waals surface area contributed by atoms with E-state index in [4.69, 9.17) is 4.74 Å². The molecular weight excluding hydrogens is 524 g/mol. The van der Waals surface area contributed by atoms with Gasteiger partial charge in [0.25, 0.3) is 0 Å². The van der Waals surface area contributed by atoms with Crippen LogP contribution in [0.4, 0.5) is 8.78 Å². The maximum absolute atomic E-state index is 14.5. The fraction of sp³-hybridized carbons (Fsp3) is 0.231. The highest BCUT2D eigenvalue weighted by Gasteiger charge is 2.55. The lowest BCUT2D eigenvalue weighted by atomic mass is 9.85. The lowest BCUT2D eigenvalue weighted by molar-refractivity contribution is -0.140. The van der Waals surface area contributed by atoms with Crippen LogP contribution in [0.15, 0.2) is 93.6 Å². The Labute approximate surface area is 213 Å². The number of hydrogen-bond donors (Lipinski definition) is 0. The molecule has 0 N–H and O–H groups in total. The van der Waals surface area contributed by atoms with Gasteiger partial charge in [-0.3, -0.25) is 0 Å². The molecule has 1 aliphatic heterocycles. The van der Waals surface area contributed by atoms with Gasteiger partial charge in [-0.15, -0.1) is 0 Å². The van der Waals surface area contributed by atoms with E-state index in [0.717, 1.165) is 12.1 Å². The number of sulfone groups is 2. The van der Waals surface area contributed by atoms with Crippen molar-refractivity contribution in [1.29, 1.82) is 0 Å². The summed E-state index contributed by atoms with van der Waals surface area (Å²) in [6, 6.07) is 16.6. The van der Waals surface area contributed by atoms with Gasteiger partial charge in [-0.2, -0.15) is 0 Å². The topological polar surface area (TPSA) is 107 Å². The number of aliphatic imine (C=N–C) groups is 1. The van der Waals surface area contributed by atoms with Gasteiger partial charge in [0.2, 0.25) is 5.90 Å². The average Bonchev–Trinajstić information content (AvgIpc) is 3.20. The zero-order chi connectivity index (χ0) is 27.0. The van der Waals surface area contributed by atoms with E-state index < -0.39 is 65.6 Å². The molecule has 0 amide bonds. The summed E-state index contributed by atoms with van der Waals surface area (Å²) in [6.45, 7) is 3.10. The van der Waals surface area contributed by atoms with Crippen LogP contribution >= 0.6 is 0 Å². The summed E-state index contributed by atoms with van der Waals surface area (Å²) < 4.78 is 86.1. The van der Waals surface area contributed by atoms with Crippen LogP contribution in [0.2, 0.25) is 0 Å². The zero-order valence-electron chi connectivity index (χ0n) is 19.8. The number of ether oxygens (including phenoxy) is 1. The molecular formula is C26H23F2NO6S2. The Bertz CT molecular complexity index is 1500. The highest BCUT2D eigenvalue weighted by atomic mass is 32.3. The molecule has 3 aromatic rings. The predicted molar refractivity (Wildman–Crippen MR) is 132 cm³/mol. The molecule has 1 heterocycles. The molecule has 0 spiro atoms. The summed E-state index contributed by atoms with van der Waals surface area (Å²) in [5, 5.41) is 0. The summed E-state index contributed by atoms with van der Waals surface area (Å²) in [4.78, 5) is 17.0. The van der Waals surface area contributed by atoms with E-state index >= 15 is 0 Å². The van der Waals surface area contributed by atoms with Crippen LogP contribution in [0.25, 0.3) is 0 Å². The molecule has 0 saturated carbocycles. The van der Waals surface area contributed by atoms with Crippen molar-refractivity contribution in [3.63, 3.8) is 0 Å². The van der Waals surface area contributed by atoms with E-state index in [9.17, 15) is 30.4 Å². The van der Waals surface area contributed by atoms with Crippen LogP contribution in [0.1, 0.15) is 25.8 Å². The monoisotopic (exact) mass is 547 g/mol. The number of halogens is 2. The van der Waals surface area contributed by atoms with Gasteiger partial charge >= 0.3 is 5.97 Å². The number of nitrogens with zero attached hydrogens (tertiary/aromatic N) is 1. The molecule has 1 aliphatic rings. The van der Waals surface area contributed by atoms with Crippen molar-refractivity contribution in [2.75, 3.05) is 0 Å². The van der Waals surface area contributed by atoms with Crippen molar-refractivity contribution in [1.82, 2.24) is 0 Å². The first-order chi connectivity index (χ1) is 17.4. The Hall–Kier alpha value is -3.44. The molecule has 0 bridgehead atoms. The summed E-state index contributed by atoms with van der Waals surface area (Å²) >= 11 is 0. The number of benzene rings is 3. The Morgan fingerprint density at radius 3 is 1.81 bits per heavy atom. The van der Waals surface area contributed by atoms with Gasteiger partial charge in [0.05, 0.1) is 15.4 Å². The molecule has 7 nitrogen and oxygen atoms in total. The normalized spacial score (nSPS) is 18.2. The van der Waals surface area contributed by atoms with Gasteiger partial charge < -0.3 is 4.74 Å². The van der Waals surface area contributed by atoms with E-state index in [-0.39, 0.29) is 15.4 Å². The van der Waals surface area contributed by atoms with Crippen molar-refractivity contribution < 1.29 is 35.1 Å². The van der Waals surface area contributed by atoms with Crippen LogP contribution in [0.3, 0.4) is 0 Å². The molecule has 0 saturated heterocycles. The van der Waals surface area contributed by atoms with E-state index in [1.54, 1.807) is 26.0 Å². The molecule has 0 fully saturated rings. The summed E-state index contributed by atoms with van der Waals surface area (Å²) in [5.41, 5.74) is -2.30. The van der Waals surface area contributed by atoms with Crippen molar-refractivity contribution >= 4 is 31.5 Å². The van der Waals surface area contributed by atoms with Gasteiger partial charge in [-0.25, -0.2) is 35.4 Å². The second kappa shape index (κ2) is 9.79. The van der Waals surface area contributed by atoms with E-state index in [2.05, 4.69) is 4.99 Å². The maximum Gasteiger partial charge on any atom is 0.341 e. The van der Waals surface area contributed by atoms with Crippen molar-refractivity contribution in [3.05, 3.63) is 96.1 Å². The van der Waals surface area contributed by atoms with E-state index in [1.807, 2.05) is 0 Å². The fourth-order valence-corrected chi connectivity index (χ4v) is 8.73. The maximum atomic E-state index is 14.5. The molecule has 37 heavy (non-hydrogen) atoms. The molecule has 194 valence electrons. The third-order valence-electron chi connectivity index (χ3n) is 6.27. The first-order valence-corrected chi connectivity index (χ1v) is 14.3. The molecule has 4 rings (SSSR count). The van der Waals surface area contributed by atoms with Crippen LogP contribution < -0.4 is 0 Å². The van der Waals surface area contributed by atoms with Gasteiger partial charge in [-0.05, 0) is 42.3 Å². The molecule has 0 aliphatic carbocycles. The lowest BCUT2D eigenvalue weighted by Crippen LogP contribution is -2.46. The molecule has 0 unspecified atom stereocenters. The molecule has 0 radical (unpaired) electrons. The Morgan fingerprint density at radius 1 is 0.838 bits per heavy atom.